The molecule has 1 aromatic heterocycles. The molecule has 0 N–H and O–H groups in total. The summed E-state index contributed by atoms with van der Waals surface area (Å²) in [5, 5.41) is 0. The van der Waals surface area contributed by atoms with Gasteiger partial charge in [-0.2, -0.15) is 22.5 Å². The highest BCUT2D eigenvalue weighted by Crippen LogP contribution is 2.30. The Labute approximate surface area is 136 Å². The molecule has 1 aliphatic rings. The van der Waals surface area contributed by atoms with Crippen molar-refractivity contribution in [1.29, 1.82) is 0 Å². The Bertz CT molecular complexity index is 685. The van der Waals surface area contributed by atoms with Crippen molar-refractivity contribution in [2.24, 2.45) is 5.92 Å². The molecule has 3 nitrogen and oxygen atoms in total. The van der Waals surface area contributed by atoms with Crippen LogP contribution in [0.3, 0.4) is 0 Å². The van der Waals surface area contributed by atoms with Crippen LogP contribution in [-0.2, 0) is 0 Å². The standard InChI is InChI=1S/C17H16F4N2O/c18-13-15(14(19)17(21)22-16(13)20)23-8-4-5-11(9-23)10-24-12-6-2-1-3-7-12/h1-3,6-7,11H,4-5,8-10H2. The zero-order valence-corrected chi connectivity index (χ0v) is 12.8. The van der Waals surface area contributed by atoms with E-state index in [1.807, 2.05) is 30.3 Å². The lowest BCUT2D eigenvalue weighted by Crippen LogP contribution is -2.39. The fraction of sp³-hybridized carbons (Fsp3) is 0.353. The highest BCUT2D eigenvalue weighted by atomic mass is 19.2. The molecule has 7 heteroatoms. The van der Waals surface area contributed by atoms with Gasteiger partial charge >= 0.3 is 0 Å². The molecule has 0 radical (unpaired) electrons. The molecule has 0 bridgehead atoms. The summed E-state index contributed by atoms with van der Waals surface area (Å²) in [5.41, 5.74) is -0.690. The molecule has 1 unspecified atom stereocenters. The second-order valence-electron chi connectivity index (χ2n) is 5.75. The van der Waals surface area contributed by atoms with Crippen LogP contribution in [0.4, 0.5) is 23.2 Å². The summed E-state index contributed by atoms with van der Waals surface area (Å²) in [6.07, 6.45) is 1.45. The third-order valence-electron chi connectivity index (χ3n) is 4.04. The van der Waals surface area contributed by atoms with Crippen LogP contribution < -0.4 is 9.64 Å². The van der Waals surface area contributed by atoms with E-state index in [0.29, 0.717) is 25.3 Å². The molecule has 0 saturated carbocycles. The van der Waals surface area contributed by atoms with E-state index < -0.39 is 29.2 Å². The van der Waals surface area contributed by atoms with E-state index in [2.05, 4.69) is 4.98 Å². The lowest BCUT2D eigenvalue weighted by molar-refractivity contribution is 0.227. The number of pyridine rings is 1. The normalized spacial score (nSPS) is 17.8. The lowest BCUT2D eigenvalue weighted by atomic mass is 9.98. The third-order valence-corrected chi connectivity index (χ3v) is 4.04. The maximum absolute atomic E-state index is 13.9. The molecule has 1 atom stereocenters. The Morgan fingerprint density at radius 1 is 1.04 bits per heavy atom. The first-order valence-corrected chi connectivity index (χ1v) is 7.69. The molecule has 128 valence electrons. The zero-order chi connectivity index (χ0) is 17.1. The zero-order valence-electron chi connectivity index (χ0n) is 12.8. The number of hydrogen-bond donors (Lipinski definition) is 0. The van der Waals surface area contributed by atoms with Gasteiger partial charge in [-0.1, -0.05) is 18.2 Å². The lowest BCUT2D eigenvalue weighted by Gasteiger charge is -2.34. The Morgan fingerprint density at radius 3 is 2.38 bits per heavy atom. The number of rotatable bonds is 4. The van der Waals surface area contributed by atoms with E-state index in [0.717, 1.165) is 6.42 Å². The minimum Gasteiger partial charge on any atom is -0.493 e. The molecule has 0 aliphatic carbocycles. The van der Waals surface area contributed by atoms with Gasteiger partial charge in [0.05, 0.1) is 6.61 Å². The predicted molar refractivity (Wildman–Crippen MR) is 80.9 cm³/mol. The van der Waals surface area contributed by atoms with Gasteiger partial charge < -0.3 is 9.64 Å². The van der Waals surface area contributed by atoms with Gasteiger partial charge in [-0.3, -0.25) is 0 Å². The molecular weight excluding hydrogens is 324 g/mol. The average molecular weight is 340 g/mol. The fourth-order valence-corrected chi connectivity index (χ4v) is 2.89. The molecule has 0 spiro atoms. The second-order valence-corrected chi connectivity index (χ2v) is 5.75. The van der Waals surface area contributed by atoms with Crippen molar-refractivity contribution in [2.45, 2.75) is 12.8 Å². The van der Waals surface area contributed by atoms with Crippen LogP contribution in [0, 0.1) is 29.4 Å². The van der Waals surface area contributed by atoms with E-state index in [9.17, 15) is 17.6 Å². The van der Waals surface area contributed by atoms with Crippen LogP contribution in [0.2, 0.25) is 0 Å². The number of para-hydroxylation sites is 1. The summed E-state index contributed by atoms with van der Waals surface area (Å²) in [6, 6.07) is 9.18. The first kappa shape index (κ1) is 16.5. The predicted octanol–water partition coefficient (Wildman–Crippen LogP) is 3.93. The quantitative estimate of drug-likeness (QED) is 0.623. The molecular formula is C17H16F4N2O. The van der Waals surface area contributed by atoms with Gasteiger partial charge in [0, 0.05) is 19.0 Å². The fourth-order valence-electron chi connectivity index (χ4n) is 2.89. The van der Waals surface area contributed by atoms with Gasteiger partial charge in [-0.05, 0) is 25.0 Å². The largest absolute Gasteiger partial charge is 0.493 e. The summed E-state index contributed by atoms with van der Waals surface area (Å²) in [6.45, 7) is 0.932. The van der Waals surface area contributed by atoms with Crippen molar-refractivity contribution >= 4 is 5.69 Å². The maximum Gasteiger partial charge on any atom is 0.253 e. The van der Waals surface area contributed by atoms with Crippen molar-refractivity contribution in [1.82, 2.24) is 4.98 Å². The molecule has 3 rings (SSSR count). The average Bonchev–Trinajstić information content (AvgIpc) is 2.60. The summed E-state index contributed by atoms with van der Waals surface area (Å²) in [5.74, 6) is -5.49. The minimum atomic E-state index is -1.63. The van der Waals surface area contributed by atoms with Crippen molar-refractivity contribution < 1.29 is 22.3 Å². The SMILES string of the molecule is Fc1nc(F)c(F)c(N2CCCC(COc3ccccc3)C2)c1F. The molecule has 1 fully saturated rings. The van der Waals surface area contributed by atoms with Crippen LogP contribution in [0.15, 0.2) is 30.3 Å². The number of piperidine rings is 1. The van der Waals surface area contributed by atoms with Crippen molar-refractivity contribution in [2.75, 3.05) is 24.6 Å². The van der Waals surface area contributed by atoms with E-state index in [1.165, 1.54) is 4.90 Å². The van der Waals surface area contributed by atoms with Gasteiger partial charge in [0.2, 0.25) is 11.6 Å². The van der Waals surface area contributed by atoms with E-state index in [1.54, 1.807) is 0 Å². The first-order valence-electron chi connectivity index (χ1n) is 7.69. The molecule has 2 heterocycles. The number of halogens is 4. The topological polar surface area (TPSA) is 25.4 Å². The monoisotopic (exact) mass is 340 g/mol. The molecule has 1 aromatic carbocycles. The van der Waals surface area contributed by atoms with Crippen LogP contribution in [0.25, 0.3) is 0 Å². The highest BCUT2D eigenvalue weighted by molar-refractivity contribution is 5.49. The third kappa shape index (κ3) is 3.44. The van der Waals surface area contributed by atoms with E-state index >= 15 is 0 Å². The number of aromatic nitrogens is 1. The van der Waals surface area contributed by atoms with E-state index in [-0.39, 0.29) is 12.5 Å². The molecule has 0 amide bonds. The van der Waals surface area contributed by atoms with Gasteiger partial charge in [0.25, 0.3) is 11.9 Å². The minimum absolute atomic E-state index is 0.00274. The van der Waals surface area contributed by atoms with Crippen LogP contribution in [0.5, 0.6) is 5.75 Å². The summed E-state index contributed by atoms with van der Waals surface area (Å²) in [4.78, 5) is 3.91. The Morgan fingerprint density at radius 2 is 1.71 bits per heavy atom. The van der Waals surface area contributed by atoms with Crippen molar-refractivity contribution in [3.8, 4) is 5.75 Å². The van der Waals surface area contributed by atoms with E-state index in [4.69, 9.17) is 4.74 Å². The van der Waals surface area contributed by atoms with Gasteiger partial charge in [0.15, 0.2) is 0 Å². The molecule has 2 aromatic rings. The van der Waals surface area contributed by atoms with Crippen molar-refractivity contribution in [3.05, 3.63) is 53.9 Å². The van der Waals surface area contributed by atoms with Crippen molar-refractivity contribution in [3.63, 3.8) is 0 Å². The number of hydrogen-bond acceptors (Lipinski definition) is 3. The molecule has 24 heavy (non-hydrogen) atoms. The summed E-state index contributed by atoms with van der Waals surface area (Å²) in [7, 11) is 0. The second kappa shape index (κ2) is 7.07. The first-order chi connectivity index (χ1) is 11.6. The molecule has 1 saturated heterocycles. The highest BCUT2D eigenvalue weighted by Gasteiger charge is 2.29. The Balaban J connectivity index is 1.72. The summed E-state index contributed by atoms with van der Waals surface area (Å²) < 4.78 is 60.0. The van der Waals surface area contributed by atoms with Gasteiger partial charge in [-0.15, -0.1) is 0 Å². The smallest absolute Gasteiger partial charge is 0.253 e. The number of ether oxygens (including phenoxy) is 1. The summed E-state index contributed by atoms with van der Waals surface area (Å²) >= 11 is 0. The Hall–Kier alpha value is -2.31. The number of nitrogens with zero attached hydrogens (tertiary/aromatic N) is 2. The number of anilines is 1. The maximum atomic E-state index is 13.9. The van der Waals surface area contributed by atoms with Gasteiger partial charge in [-0.25, -0.2) is 0 Å². The Kier molecular flexibility index (Phi) is 4.87. The molecule has 1 aliphatic heterocycles. The van der Waals surface area contributed by atoms with Crippen LogP contribution in [-0.4, -0.2) is 24.7 Å². The van der Waals surface area contributed by atoms with Crippen LogP contribution >= 0.6 is 0 Å². The van der Waals surface area contributed by atoms with Crippen LogP contribution in [0.1, 0.15) is 12.8 Å². The van der Waals surface area contributed by atoms with Gasteiger partial charge in [0.1, 0.15) is 11.4 Å². The number of benzene rings is 1.